The summed E-state index contributed by atoms with van der Waals surface area (Å²) in [6, 6.07) is 5.02. The molecular weight excluding hydrogens is 258 g/mol. The van der Waals surface area contributed by atoms with Crippen molar-refractivity contribution in [3.8, 4) is 0 Å². The summed E-state index contributed by atoms with van der Waals surface area (Å²) in [7, 11) is -1.15. The van der Waals surface area contributed by atoms with Crippen molar-refractivity contribution in [3.05, 3.63) is 23.2 Å². The van der Waals surface area contributed by atoms with E-state index in [4.69, 9.17) is 22.1 Å². The molecule has 0 aliphatic carbocycles. The maximum Gasteiger partial charge on any atom is 0.0595 e. The van der Waals surface area contributed by atoms with E-state index in [2.05, 4.69) is 6.92 Å². The molecule has 96 valence electrons. The second-order valence-electron chi connectivity index (χ2n) is 3.71. The van der Waals surface area contributed by atoms with Crippen molar-refractivity contribution in [2.24, 2.45) is 0 Å². The number of halogens is 1. The average molecular weight is 276 g/mol. The molecule has 0 amide bonds. The van der Waals surface area contributed by atoms with Gasteiger partial charge in [-0.2, -0.15) is 0 Å². The third-order valence-electron chi connectivity index (χ3n) is 2.26. The van der Waals surface area contributed by atoms with Gasteiger partial charge in [0.15, 0.2) is 0 Å². The Morgan fingerprint density at radius 3 is 2.88 bits per heavy atom. The molecule has 0 saturated heterocycles. The van der Waals surface area contributed by atoms with Gasteiger partial charge in [-0.3, -0.25) is 4.21 Å². The van der Waals surface area contributed by atoms with Gasteiger partial charge in [0, 0.05) is 12.3 Å². The largest absolute Gasteiger partial charge is 0.399 e. The van der Waals surface area contributed by atoms with E-state index in [1.165, 1.54) is 0 Å². The second-order valence-corrected chi connectivity index (χ2v) is 5.65. The van der Waals surface area contributed by atoms with Crippen molar-refractivity contribution < 1.29 is 8.95 Å². The predicted molar refractivity (Wildman–Crippen MR) is 72.9 cm³/mol. The highest BCUT2D eigenvalue weighted by molar-refractivity contribution is 7.85. The number of hydrogen-bond acceptors (Lipinski definition) is 3. The van der Waals surface area contributed by atoms with E-state index in [1.54, 1.807) is 18.2 Å². The van der Waals surface area contributed by atoms with Crippen LogP contribution >= 0.6 is 11.6 Å². The van der Waals surface area contributed by atoms with Gasteiger partial charge < -0.3 is 10.5 Å². The van der Waals surface area contributed by atoms with Crippen LogP contribution in [0.5, 0.6) is 0 Å². The van der Waals surface area contributed by atoms with Crippen LogP contribution in [0.1, 0.15) is 19.8 Å². The van der Waals surface area contributed by atoms with Gasteiger partial charge in [-0.15, -0.1) is 0 Å². The molecular formula is C12H18ClNO2S. The Morgan fingerprint density at radius 2 is 2.18 bits per heavy atom. The molecule has 17 heavy (non-hydrogen) atoms. The summed E-state index contributed by atoms with van der Waals surface area (Å²) >= 11 is 5.96. The first-order valence-electron chi connectivity index (χ1n) is 5.66. The molecule has 3 nitrogen and oxygen atoms in total. The van der Waals surface area contributed by atoms with E-state index in [-0.39, 0.29) is 0 Å². The molecule has 1 atom stereocenters. The second kappa shape index (κ2) is 7.69. The molecule has 0 aliphatic heterocycles. The fraction of sp³-hybridized carbons (Fsp3) is 0.500. The van der Waals surface area contributed by atoms with Gasteiger partial charge in [-0.1, -0.05) is 24.9 Å². The van der Waals surface area contributed by atoms with Crippen molar-refractivity contribution in [1.82, 2.24) is 0 Å². The number of anilines is 1. The Hall–Kier alpha value is -0.580. The number of ether oxygens (including phenoxy) is 1. The smallest absolute Gasteiger partial charge is 0.0595 e. The summed E-state index contributed by atoms with van der Waals surface area (Å²) in [5.74, 6) is 0.451. The molecule has 0 aliphatic rings. The highest BCUT2D eigenvalue weighted by atomic mass is 35.5. The Labute approximate surface area is 110 Å². The van der Waals surface area contributed by atoms with E-state index in [9.17, 15) is 4.21 Å². The molecule has 1 aromatic carbocycles. The maximum atomic E-state index is 11.9. The van der Waals surface area contributed by atoms with Crippen molar-refractivity contribution >= 4 is 28.1 Å². The summed E-state index contributed by atoms with van der Waals surface area (Å²) in [4.78, 5) is 0.589. The first-order valence-corrected chi connectivity index (χ1v) is 7.36. The SMILES string of the molecule is CCCCOCCS(=O)c1cc(N)ccc1Cl. The summed E-state index contributed by atoms with van der Waals surface area (Å²) in [6.45, 7) is 3.31. The van der Waals surface area contributed by atoms with Crippen LogP contribution in [0.15, 0.2) is 23.1 Å². The van der Waals surface area contributed by atoms with E-state index in [1.807, 2.05) is 0 Å². The normalized spacial score (nSPS) is 12.6. The Morgan fingerprint density at radius 1 is 1.41 bits per heavy atom. The van der Waals surface area contributed by atoms with Crippen molar-refractivity contribution in [2.75, 3.05) is 24.7 Å². The number of nitrogen functional groups attached to an aromatic ring is 1. The monoisotopic (exact) mass is 275 g/mol. The average Bonchev–Trinajstić information content (AvgIpc) is 2.32. The van der Waals surface area contributed by atoms with E-state index in [0.29, 0.717) is 28.0 Å². The first-order chi connectivity index (χ1) is 8.15. The third-order valence-corrected chi connectivity index (χ3v) is 4.06. The lowest BCUT2D eigenvalue weighted by Gasteiger charge is -2.06. The highest BCUT2D eigenvalue weighted by Gasteiger charge is 2.08. The number of rotatable bonds is 7. The standard InChI is InChI=1S/C12H18ClNO2S/c1-2-3-6-16-7-8-17(15)12-9-10(14)4-5-11(12)13/h4-5,9H,2-3,6-8,14H2,1H3. The molecule has 2 N–H and O–H groups in total. The zero-order valence-electron chi connectivity index (χ0n) is 9.95. The summed E-state index contributed by atoms with van der Waals surface area (Å²) in [5, 5.41) is 0.492. The quantitative estimate of drug-likeness (QED) is 0.615. The molecule has 0 aromatic heterocycles. The summed E-state index contributed by atoms with van der Waals surface area (Å²) < 4.78 is 17.3. The minimum Gasteiger partial charge on any atom is -0.399 e. The lowest BCUT2D eigenvalue weighted by Crippen LogP contribution is -2.08. The van der Waals surface area contributed by atoms with Crippen LogP contribution in [0.3, 0.4) is 0 Å². The number of nitrogens with two attached hydrogens (primary N) is 1. The number of unbranched alkanes of at least 4 members (excludes halogenated alkanes) is 1. The van der Waals surface area contributed by atoms with Gasteiger partial charge in [0.25, 0.3) is 0 Å². The topological polar surface area (TPSA) is 52.3 Å². The lowest BCUT2D eigenvalue weighted by molar-refractivity contribution is 0.146. The lowest BCUT2D eigenvalue weighted by atomic mass is 10.3. The first kappa shape index (κ1) is 14.5. The molecule has 1 unspecified atom stereocenters. The van der Waals surface area contributed by atoms with Gasteiger partial charge in [0.05, 0.1) is 33.1 Å². The van der Waals surface area contributed by atoms with Crippen LogP contribution in [0.2, 0.25) is 5.02 Å². The van der Waals surface area contributed by atoms with Crippen LogP contribution in [-0.4, -0.2) is 23.2 Å². The van der Waals surface area contributed by atoms with Crippen LogP contribution < -0.4 is 5.73 Å². The molecule has 0 bridgehead atoms. The van der Waals surface area contributed by atoms with Gasteiger partial charge in [-0.05, 0) is 24.6 Å². The maximum absolute atomic E-state index is 11.9. The van der Waals surface area contributed by atoms with Crippen LogP contribution in [0.4, 0.5) is 5.69 Å². The Balaban J connectivity index is 2.44. The number of benzene rings is 1. The van der Waals surface area contributed by atoms with E-state index < -0.39 is 10.8 Å². The molecule has 0 saturated carbocycles. The minimum atomic E-state index is -1.15. The van der Waals surface area contributed by atoms with Crippen LogP contribution in [-0.2, 0) is 15.5 Å². The zero-order chi connectivity index (χ0) is 12.7. The predicted octanol–water partition coefficient (Wildman–Crippen LogP) is 2.85. The summed E-state index contributed by atoms with van der Waals surface area (Å²) in [5.41, 5.74) is 6.21. The van der Waals surface area contributed by atoms with E-state index in [0.717, 1.165) is 19.4 Å². The molecule has 0 spiro atoms. The van der Waals surface area contributed by atoms with Crippen molar-refractivity contribution in [3.63, 3.8) is 0 Å². The Bertz CT molecular complexity index is 385. The van der Waals surface area contributed by atoms with Gasteiger partial charge in [-0.25, -0.2) is 0 Å². The zero-order valence-corrected chi connectivity index (χ0v) is 11.5. The fourth-order valence-corrected chi connectivity index (χ4v) is 2.71. The molecule has 0 radical (unpaired) electrons. The number of hydrogen-bond donors (Lipinski definition) is 1. The molecule has 0 fully saturated rings. The van der Waals surface area contributed by atoms with E-state index >= 15 is 0 Å². The molecule has 0 heterocycles. The van der Waals surface area contributed by atoms with Crippen molar-refractivity contribution in [2.45, 2.75) is 24.7 Å². The van der Waals surface area contributed by atoms with Crippen LogP contribution in [0.25, 0.3) is 0 Å². The van der Waals surface area contributed by atoms with Crippen LogP contribution in [0, 0.1) is 0 Å². The third kappa shape index (κ3) is 5.06. The molecule has 1 aromatic rings. The summed E-state index contributed by atoms with van der Waals surface area (Å²) in [6.07, 6.45) is 2.13. The van der Waals surface area contributed by atoms with Gasteiger partial charge in [0.2, 0.25) is 0 Å². The van der Waals surface area contributed by atoms with Crippen molar-refractivity contribution in [1.29, 1.82) is 0 Å². The highest BCUT2D eigenvalue weighted by Crippen LogP contribution is 2.22. The van der Waals surface area contributed by atoms with Gasteiger partial charge >= 0.3 is 0 Å². The van der Waals surface area contributed by atoms with Gasteiger partial charge in [0.1, 0.15) is 0 Å². The molecule has 1 rings (SSSR count). The Kier molecular flexibility index (Phi) is 6.55. The fourth-order valence-electron chi connectivity index (χ4n) is 1.29. The minimum absolute atomic E-state index is 0.451. The molecule has 5 heteroatoms.